The van der Waals surface area contributed by atoms with Crippen LogP contribution in [0, 0.1) is 13.8 Å². The number of carbonyl (C=O) groups is 1. The first kappa shape index (κ1) is 10.2. The SMILES string of the molecule is COc1cc(C)c(C)cc1C1(C=O)CC1. The summed E-state index contributed by atoms with van der Waals surface area (Å²) in [5.74, 6) is 0.850. The Morgan fingerprint density at radius 2 is 1.87 bits per heavy atom. The number of hydrogen-bond acceptors (Lipinski definition) is 2. The van der Waals surface area contributed by atoms with Crippen LogP contribution in [0.5, 0.6) is 5.75 Å². The Morgan fingerprint density at radius 1 is 1.27 bits per heavy atom. The number of ether oxygens (including phenoxy) is 1. The molecule has 0 atom stereocenters. The van der Waals surface area contributed by atoms with Gasteiger partial charge in [0.05, 0.1) is 12.5 Å². The molecule has 2 nitrogen and oxygen atoms in total. The molecule has 1 aliphatic carbocycles. The van der Waals surface area contributed by atoms with Gasteiger partial charge in [-0.2, -0.15) is 0 Å². The molecule has 0 N–H and O–H groups in total. The molecule has 2 heteroatoms. The molecule has 0 radical (unpaired) electrons. The van der Waals surface area contributed by atoms with Gasteiger partial charge in [-0.25, -0.2) is 0 Å². The second-order valence-corrected chi connectivity index (χ2v) is 4.41. The highest BCUT2D eigenvalue weighted by Crippen LogP contribution is 2.50. The van der Waals surface area contributed by atoms with Crippen molar-refractivity contribution in [2.24, 2.45) is 0 Å². The largest absolute Gasteiger partial charge is 0.496 e. The molecule has 0 amide bonds. The van der Waals surface area contributed by atoms with Crippen molar-refractivity contribution in [1.29, 1.82) is 0 Å². The predicted octanol–water partition coefficient (Wildman–Crippen LogP) is 2.54. The van der Waals surface area contributed by atoms with Crippen molar-refractivity contribution in [3.63, 3.8) is 0 Å². The summed E-state index contributed by atoms with van der Waals surface area (Å²) < 4.78 is 5.35. The Labute approximate surface area is 90.3 Å². The summed E-state index contributed by atoms with van der Waals surface area (Å²) in [5.41, 5.74) is 3.24. The molecule has 0 aliphatic heterocycles. The van der Waals surface area contributed by atoms with Crippen molar-refractivity contribution in [1.82, 2.24) is 0 Å². The number of aldehydes is 1. The van der Waals surface area contributed by atoms with Gasteiger partial charge in [-0.3, -0.25) is 0 Å². The summed E-state index contributed by atoms with van der Waals surface area (Å²) in [5, 5.41) is 0. The van der Waals surface area contributed by atoms with Gasteiger partial charge in [-0.15, -0.1) is 0 Å². The van der Waals surface area contributed by atoms with Crippen molar-refractivity contribution in [2.75, 3.05) is 7.11 Å². The van der Waals surface area contributed by atoms with Crippen molar-refractivity contribution >= 4 is 6.29 Å². The van der Waals surface area contributed by atoms with Crippen LogP contribution in [-0.2, 0) is 10.2 Å². The van der Waals surface area contributed by atoms with E-state index in [-0.39, 0.29) is 5.41 Å². The van der Waals surface area contributed by atoms with Crippen LogP contribution >= 0.6 is 0 Å². The van der Waals surface area contributed by atoms with Crippen molar-refractivity contribution in [3.8, 4) is 5.75 Å². The lowest BCUT2D eigenvalue weighted by Gasteiger charge is -2.15. The van der Waals surface area contributed by atoms with E-state index in [9.17, 15) is 4.79 Å². The number of carbonyl (C=O) groups excluding carboxylic acids is 1. The van der Waals surface area contributed by atoms with E-state index in [0.717, 1.165) is 30.4 Å². The standard InChI is InChI=1S/C13H16O2/c1-9-6-11(13(8-14)4-5-13)12(15-3)7-10(9)2/h6-8H,4-5H2,1-3H3. The van der Waals surface area contributed by atoms with Crippen LogP contribution in [0.1, 0.15) is 29.5 Å². The quantitative estimate of drug-likeness (QED) is 0.707. The van der Waals surface area contributed by atoms with Gasteiger partial charge in [0.15, 0.2) is 0 Å². The summed E-state index contributed by atoms with van der Waals surface area (Å²) in [6.07, 6.45) is 2.98. The Hall–Kier alpha value is -1.31. The number of benzene rings is 1. The smallest absolute Gasteiger partial charge is 0.130 e. The van der Waals surface area contributed by atoms with Gasteiger partial charge in [0.2, 0.25) is 0 Å². The molecule has 1 aliphatic rings. The number of rotatable bonds is 3. The van der Waals surface area contributed by atoms with Gasteiger partial charge < -0.3 is 9.53 Å². The molecular weight excluding hydrogens is 188 g/mol. The lowest BCUT2D eigenvalue weighted by atomic mass is 9.93. The molecule has 0 bridgehead atoms. The second-order valence-electron chi connectivity index (χ2n) is 4.41. The maximum atomic E-state index is 11.1. The minimum absolute atomic E-state index is 0.246. The number of aryl methyl sites for hydroxylation is 2. The molecule has 2 rings (SSSR count). The predicted molar refractivity (Wildman–Crippen MR) is 59.4 cm³/mol. The van der Waals surface area contributed by atoms with Crippen molar-refractivity contribution in [3.05, 3.63) is 28.8 Å². The van der Waals surface area contributed by atoms with Gasteiger partial charge in [0.1, 0.15) is 12.0 Å². The van der Waals surface area contributed by atoms with E-state index in [1.165, 1.54) is 11.1 Å². The zero-order valence-corrected chi connectivity index (χ0v) is 9.46. The van der Waals surface area contributed by atoms with Crippen molar-refractivity contribution in [2.45, 2.75) is 32.1 Å². The van der Waals surface area contributed by atoms with Gasteiger partial charge in [0, 0.05) is 5.56 Å². The zero-order chi connectivity index (χ0) is 11.1. The van der Waals surface area contributed by atoms with Crippen LogP contribution < -0.4 is 4.74 Å². The van der Waals surface area contributed by atoms with Crippen LogP contribution in [0.4, 0.5) is 0 Å². The normalized spacial score (nSPS) is 17.3. The minimum atomic E-state index is -0.246. The van der Waals surface area contributed by atoms with Gasteiger partial charge in [0.25, 0.3) is 0 Å². The summed E-state index contributed by atoms with van der Waals surface area (Å²) in [7, 11) is 1.66. The Morgan fingerprint density at radius 3 is 2.33 bits per heavy atom. The molecular formula is C13H16O2. The van der Waals surface area contributed by atoms with Crippen LogP contribution in [-0.4, -0.2) is 13.4 Å². The number of methoxy groups -OCH3 is 1. The van der Waals surface area contributed by atoms with Crippen LogP contribution in [0.3, 0.4) is 0 Å². The van der Waals surface area contributed by atoms with E-state index in [2.05, 4.69) is 19.9 Å². The van der Waals surface area contributed by atoms with Gasteiger partial charge in [-0.1, -0.05) is 6.07 Å². The Balaban J connectivity index is 2.55. The Kier molecular flexibility index (Phi) is 2.29. The first-order valence-electron chi connectivity index (χ1n) is 5.25. The average Bonchev–Trinajstić information content (AvgIpc) is 3.02. The van der Waals surface area contributed by atoms with Gasteiger partial charge in [-0.05, 0) is 43.9 Å². The molecule has 0 unspecified atom stereocenters. The molecule has 0 saturated heterocycles. The maximum absolute atomic E-state index is 11.1. The fraction of sp³-hybridized carbons (Fsp3) is 0.462. The number of hydrogen-bond donors (Lipinski definition) is 0. The van der Waals surface area contributed by atoms with E-state index in [4.69, 9.17) is 4.74 Å². The van der Waals surface area contributed by atoms with E-state index in [0.29, 0.717) is 0 Å². The van der Waals surface area contributed by atoms with E-state index < -0.39 is 0 Å². The van der Waals surface area contributed by atoms with Crippen molar-refractivity contribution < 1.29 is 9.53 Å². The van der Waals surface area contributed by atoms with Gasteiger partial charge >= 0.3 is 0 Å². The summed E-state index contributed by atoms with van der Waals surface area (Å²) in [6.45, 7) is 4.13. The molecule has 1 saturated carbocycles. The summed E-state index contributed by atoms with van der Waals surface area (Å²) in [4.78, 5) is 11.1. The Bertz CT molecular complexity index is 403. The third kappa shape index (κ3) is 1.54. The van der Waals surface area contributed by atoms with Crippen LogP contribution in [0.15, 0.2) is 12.1 Å². The third-order valence-electron chi connectivity index (χ3n) is 3.37. The molecule has 1 aromatic rings. The molecule has 1 aromatic carbocycles. The molecule has 80 valence electrons. The summed E-state index contributed by atoms with van der Waals surface area (Å²) in [6, 6.07) is 4.11. The van der Waals surface area contributed by atoms with E-state index >= 15 is 0 Å². The fourth-order valence-corrected chi connectivity index (χ4v) is 1.93. The zero-order valence-electron chi connectivity index (χ0n) is 9.46. The average molecular weight is 204 g/mol. The second kappa shape index (κ2) is 3.37. The third-order valence-corrected chi connectivity index (χ3v) is 3.37. The maximum Gasteiger partial charge on any atom is 0.130 e. The first-order valence-corrected chi connectivity index (χ1v) is 5.25. The fourth-order valence-electron chi connectivity index (χ4n) is 1.93. The highest BCUT2D eigenvalue weighted by Gasteiger charge is 2.46. The van der Waals surface area contributed by atoms with Crippen LogP contribution in [0.25, 0.3) is 0 Å². The van der Waals surface area contributed by atoms with Crippen LogP contribution in [0.2, 0.25) is 0 Å². The molecule has 0 heterocycles. The van der Waals surface area contributed by atoms with E-state index in [1.807, 2.05) is 6.07 Å². The molecule has 15 heavy (non-hydrogen) atoms. The first-order chi connectivity index (χ1) is 7.13. The topological polar surface area (TPSA) is 26.3 Å². The van der Waals surface area contributed by atoms with E-state index in [1.54, 1.807) is 7.11 Å². The highest BCUT2D eigenvalue weighted by molar-refractivity contribution is 5.75. The highest BCUT2D eigenvalue weighted by atomic mass is 16.5. The summed E-state index contributed by atoms with van der Waals surface area (Å²) >= 11 is 0. The minimum Gasteiger partial charge on any atom is -0.496 e. The lowest BCUT2D eigenvalue weighted by molar-refractivity contribution is -0.109. The molecule has 1 fully saturated rings. The lowest BCUT2D eigenvalue weighted by Crippen LogP contribution is -2.10. The molecule has 0 spiro atoms. The monoisotopic (exact) mass is 204 g/mol. The molecule has 0 aromatic heterocycles.